The first-order valence-corrected chi connectivity index (χ1v) is 11.6. The van der Waals surface area contributed by atoms with E-state index in [0.29, 0.717) is 5.92 Å². The van der Waals surface area contributed by atoms with Crippen molar-refractivity contribution in [3.63, 3.8) is 0 Å². The van der Waals surface area contributed by atoms with E-state index in [9.17, 15) is 0 Å². The van der Waals surface area contributed by atoms with Crippen LogP contribution in [-0.2, 0) is 22.6 Å². The highest BCUT2D eigenvalue weighted by atomic mass is 16.5. The van der Waals surface area contributed by atoms with Gasteiger partial charge in [0.05, 0.1) is 13.2 Å². The number of guanidine groups is 1. The number of rotatable bonds is 10. The number of benzene rings is 1. The zero-order chi connectivity index (χ0) is 21.0. The minimum absolute atomic E-state index is 0.585. The molecule has 168 valence electrons. The first-order chi connectivity index (χ1) is 14.7. The molecule has 2 heterocycles. The number of piperidine rings is 1. The molecule has 1 unspecified atom stereocenters. The molecule has 3 rings (SSSR count). The molecule has 30 heavy (non-hydrogen) atoms. The van der Waals surface area contributed by atoms with Crippen LogP contribution in [0.2, 0.25) is 0 Å². The lowest BCUT2D eigenvalue weighted by Crippen LogP contribution is -2.37. The summed E-state index contributed by atoms with van der Waals surface area (Å²) < 4.78 is 11.1. The summed E-state index contributed by atoms with van der Waals surface area (Å²) in [7, 11) is 1.82. The summed E-state index contributed by atoms with van der Waals surface area (Å²) in [4.78, 5) is 6.91. The van der Waals surface area contributed by atoms with Gasteiger partial charge in [-0.15, -0.1) is 0 Å². The molecule has 2 N–H and O–H groups in total. The molecule has 0 aromatic heterocycles. The van der Waals surface area contributed by atoms with Gasteiger partial charge in [-0.05, 0) is 55.8 Å². The van der Waals surface area contributed by atoms with Gasteiger partial charge in [0, 0.05) is 45.8 Å². The largest absolute Gasteiger partial charge is 0.381 e. The predicted molar refractivity (Wildman–Crippen MR) is 123 cm³/mol. The van der Waals surface area contributed by atoms with E-state index in [2.05, 4.69) is 51.7 Å². The number of nitrogens with one attached hydrogen (secondary N) is 2. The molecule has 2 aliphatic heterocycles. The van der Waals surface area contributed by atoms with Crippen LogP contribution in [-0.4, -0.2) is 64.0 Å². The maximum atomic E-state index is 5.76. The van der Waals surface area contributed by atoms with Crippen molar-refractivity contribution in [1.82, 2.24) is 15.5 Å². The van der Waals surface area contributed by atoms with Crippen molar-refractivity contribution in [3.05, 3.63) is 35.4 Å². The van der Waals surface area contributed by atoms with Gasteiger partial charge < -0.3 is 20.1 Å². The van der Waals surface area contributed by atoms with Crippen molar-refractivity contribution in [3.8, 4) is 0 Å². The molecule has 1 aromatic carbocycles. The van der Waals surface area contributed by atoms with Crippen molar-refractivity contribution in [2.24, 2.45) is 16.8 Å². The maximum absolute atomic E-state index is 5.76. The van der Waals surface area contributed by atoms with E-state index in [0.717, 1.165) is 70.8 Å². The maximum Gasteiger partial charge on any atom is 0.191 e. The number of hydrogen-bond acceptors (Lipinski definition) is 4. The first-order valence-electron chi connectivity index (χ1n) is 11.6. The highest BCUT2D eigenvalue weighted by Crippen LogP contribution is 2.18. The number of aliphatic imine (C=N–C) groups is 1. The molecule has 2 saturated heterocycles. The molecule has 0 amide bonds. The summed E-state index contributed by atoms with van der Waals surface area (Å²) >= 11 is 0. The molecule has 0 aliphatic carbocycles. The van der Waals surface area contributed by atoms with Crippen LogP contribution in [0.15, 0.2) is 29.3 Å². The Bertz CT molecular complexity index is 638. The van der Waals surface area contributed by atoms with Gasteiger partial charge in [0.1, 0.15) is 0 Å². The van der Waals surface area contributed by atoms with Crippen molar-refractivity contribution in [2.75, 3.05) is 53.1 Å². The molecule has 2 aliphatic rings. The van der Waals surface area contributed by atoms with E-state index in [4.69, 9.17) is 9.47 Å². The van der Waals surface area contributed by atoms with Gasteiger partial charge in [0.15, 0.2) is 5.96 Å². The predicted octanol–water partition coefficient (Wildman–Crippen LogP) is 3.03. The summed E-state index contributed by atoms with van der Waals surface area (Å²) in [6.45, 7) is 10.8. The zero-order valence-electron chi connectivity index (χ0n) is 18.9. The van der Waals surface area contributed by atoms with Crippen LogP contribution in [0.25, 0.3) is 0 Å². The summed E-state index contributed by atoms with van der Waals surface area (Å²) in [6, 6.07) is 8.91. The summed E-state index contributed by atoms with van der Waals surface area (Å²) in [6.07, 6.45) is 4.75. The Kier molecular flexibility index (Phi) is 9.93. The molecule has 0 spiro atoms. The average molecular weight is 417 g/mol. The molecule has 0 radical (unpaired) electrons. The van der Waals surface area contributed by atoms with Gasteiger partial charge in [-0.3, -0.25) is 9.89 Å². The van der Waals surface area contributed by atoms with Gasteiger partial charge in [-0.2, -0.15) is 0 Å². The molecule has 1 aromatic rings. The van der Waals surface area contributed by atoms with Crippen LogP contribution < -0.4 is 10.6 Å². The van der Waals surface area contributed by atoms with Crippen molar-refractivity contribution < 1.29 is 9.47 Å². The summed E-state index contributed by atoms with van der Waals surface area (Å²) in [5, 5.41) is 6.80. The fourth-order valence-electron chi connectivity index (χ4n) is 4.07. The minimum Gasteiger partial charge on any atom is -0.381 e. The monoisotopic (exact) mass is 416 g/mol. The highest BCUT2D eigenvalue weighted by molar-refractivity contribution is 5.79. The van der Waals surface area contributed by atoms with E-state index in [1.807, 2.05) is 7.05 Å². The molecule has 1 atom stereocenters. The number of ether oxygens (including phenoxy) is 2. The van der Waals surface area contributed by atoms with Crippen molar-refractivity contribution in [1.29, 1.82) is 0 Å². The molecule has 6 nitrogen and oxygen atoms in total. The Labute approximate surface area is 182 Å². The van der Waals surface area contributed by atoms with Gasteiger partial charge in [-0.1, -0.05) is 31.2 Å². The van der Waals surface area contributed by atoms with Crippen molar-refractivity contribution in [2.45, 2.75) is 45.7 Å². The zero-order valence-corrected chi connectivity index (χ0v) is 18.9. The molecular formula is C24H40N4O2. The Morgan fingerprint density at radius 2 is 2.03 bits per heavy atom. The van der Waals surface area contributed by atoms with E-state index in [1.54, 1.807) is 0 Å². The van der Waals surface area contributed by atoms with Crippen LogP contribution in [0.3, 0.4) is 0 Å². The molecule has 0 bridgehead atoms. The smallest absolute Gasteiger partial charge is 0.191 e. The van der Waals surface area contributed by atoms with E-state index >= 15 is 0 Å². The second kappa shape index (κ2) is 12.9. The second-order valence-electron chi connectivity index (χ2n) is 8.79. The normalized spacial score (nSPS) is 21.1. The van der Waals surface area contributed by atoms with Crippen LogP contribution in [0.1, 0.15) is 43.7 Å². The molecular weight excluding hydrogens is 376 g/mol. The first kappa shape index (κ1) is 23.0. The number of hydrogen-bond donors (Lipinski definition) is 2. The SMILES string of the molecule is CN=C(NCCCOCC1CCOC1)NCc1cccc(CN2CCC(C)CC2)c1. The van der Waals surface area contributed by atoms with E-state index < -0.39 is 0 Å². The topological polar surface area (TPSA) is 58.1 Å². The fraction of sp³-hybridized carbons (Fsp3) is 0.708. The Balaban J connectivity index is 1.31. The molecule has 0 saturated carbocycles. The van der Waals surface area contributed by atoms with Gasteiger partial charge in [0.2, 0.25) is 0 Å². The van der Waals surface area contributed by atoms with Crippen LogP contribution in [0, 0.1) is 11.8 Å². The molecule has 2 fully saturated rings. The minimum atomic E-state index is 0.585. The van der Waals surface area contributed by atoms with Gasteiger partial charge >= 0.3 is 0 Å². The van der Waals surface area contributed by atoms with E-state index in [-0.39, 0.29) is 0 Å². The lowest BCUT2D eigenvalue weighted by Gasteiger charge is -2.30. The van der Waals surface area contributed by atoms with Crippen LogP contribution in [0.5, 0.6) is 0 Å². The van der Waals surface area contributed by atoms with Crippen molar-refractivity contribution >= 4 is 5.96 Å². The van der Waals surface area contributed by atoms with Crippen LogP contribution >= 0.6 is 0 Å². The number of nitrogens with zero attached hydrogens (tertiary/aromatic N) is 2. The Hall–Kier alpha value is -1.63. The third-order valence-electron chi connectivity index (χ3n) is 6.09. The average Bonchev–Trinajstić information content (AvgIpc) is 3.28. The second-order valence-corrected chi connectivity index (χ2v) is 8.79. The summed E-state index contributed by atoms with van der Waals surface area (Å²) in [5.41, 5.74) is 2.69. The Morgan fingerprint density at radius 1 is 1.20 bits per heavy atom. The third-order valence-corrected chi connectivity index (χ3v) is 6.09. The lowest BCUT2D eigenvalue weighted by atomic mass is 9.98. The third kappa shape index (κ3) is 8.25. The standard InChI is InChI=1S/C24H40N4O2/c1-20-7-11-28(12-8-20)17-22-6-3-5-21(15-22)16-27-24(25-2)26-10-4-13-29-18-23-9-14-30-19-23/h3,5-6,15,20,23H,4,7-14,16-19H2,1-2H3,(H2,25,26,27). The molecule has 6 heteroatoms. The van der Waals surface area contributed by atoms with Gasteiger partial charge in [0.25, 0.3) is 0 Å². The quantitative estimate of drug-likeness (QED) is 0.349. The lowest BCUT2D eigenvalue weighted by molar-refractivity contribution is 0.0888. The fourth-order valence-corrected chi connectivity index (χ4v) is 4.07. The summed E-state index contributed by atoms with van der Waals surface area (Å²) in [5.74, 6) is 2.31. The number of likely N-dealkylation sites (tertiary alicyclic amines) is 1. The Morgan fingerprint density at radius 3 is 2.80 bits per heavy atom. The van der Waals surface area contributed by atoms with E-state index in [1.165, 1.54) is 37.1 Å². The van der Waals surface area contributed by atoms with Crippen LogP contribution in [0.4, 0.5) is 0 Å². The van der Waals surface area contributed by atoms with Gasteiger partial charge in [-0.25, -0.2) is 0 Å². The highest BCUT2D eigenvalue weighted by Gasteiger charge is 2.16.